The van der Waals surface area contributed by atoms with Crippen molar-refractivity contribution < 1.29 is 4.74 Å². The van der Waals surface area contributed by atoms with Gasteiger partial charge >= 0.3 is 0 Å². The van der Waals surface area contributed by atoms with E-state index in [-0.39, 0.29) is 0 Å². The Bertz CT molecular complexity index is 571. The summed E-state index contributed by atoms with van der Waals surface area (Å²) in [5.41, 5.74) is 4.93. The van der Waals surface area contributed by atoms with Crippen LogP contribution < -0.4 is 0 Å². The molecule has 0 bridgehead atoms. The number of piperidine rings is 1. The second-order valence-electron chi connectivity index (χ2n) is 8.26. The van der Waals surface area contributed by atoms with E-state index >= 15 is 0 Å². The predicted molar refractivity (Wildman–Crippen MR) is 98.3 cm³/mol. The van der Waals surface area contributed by atoms with Gasteiger partial charge in [-0.25, -0.2) is 0 Å². The van der Waals surface area contributed by atoms with E-state index in [9.17, 15) is 0 Å². The Morgan fingerprint density at radius 2 is 1.75 bits per heavy atom. The van der Waals surface area contributed by atoms with Crippen LogP contribution in [0.3, 0.4) is 0 Å². The Balaban J connectivity index is 1.33. The van der Waals surface area contributed by atoms with Crippen molar-refractivity contribution in [2.45, 2.75) is 52.1 Å². The van der Waals surface area contributed by atoms with Gasteiger partial charge in [-0.2, -0.15) is 0 Å². The van der Waals surface area contributed by atoms with E-state index in [4.69, 9.17) is 4.74 Å². The Hall–Kier alpha value is -0.900. The second-order valence-corrected chi connectivity index (χ2v) is 8.26. The van der Waals surface area contributed by atoms with Crippen LogP contribution in [0.1, 0.15) is 42.4 Å². The van der Waals surface area contributed by atoms with Crippen LogP contribution in [0.25, 0.3) is 0 Å². The van der Waals surface area contributed by atoms with Crippen LogP contribution in [-0.4, -0.2) is 55.2 Å². The maximum Gasteiger partial charge on any atom is 0.0594 e. The molecule has 1 saturated carbocycles. The van der Waals surface area contributed by atoms with Crippen LogP contribution in [0.15, 0.2) is 18.2 Å². The zero-order valence-corrected chi connectivity index (χ0v) is 15.4. The first-order valence-corrected chi connectivity index (χ1v) is 9.77. The van der Waals surface area contributed by atoms with Crippen molar-refractivity contribution >= 4 is 0 Å². The van der Waals surface area contributed by atoms with Gasteiger partial charge in [0.15, 0.2) is 0 Å². The van der Waals surface area contributed by atoms with Crippen molar-refractivity contribution in [3.8, 4) is 0 Å². The van der Waals surface area contributed by atoms with Gasteiger partial charge in [0.25, 0.3) is 0 Å². The van der Waals surface area contributed by atoms with Crippen LogP contribution >= 0.6 is 0 Å². The summed E-state index contributed by atoms with van der Waals surface area (Å²) < 4.78 is 5.55. The van der Waals surface area contributed by atoms with Crippen molar-refractivity contribution in [2.75, 3.05) is 39.4 Å². The summed E-state index contributed by atoms with van der Waals surface area (Å²) in [7, 11) is 0. The van der Waals surface area contributed by atoms with E-state index in [2.05, 4.69) is 41.8 Å². The molecule has 0 amide bonds. The lowest BCUT2D eigenvalue weighted by Crippen LogP contribution is -2.61. The minimum Gasteiger partial charge on any atom is -0.379 e. The summed E-state index contributed by atoms with van der Waals surface area (Å²) in [5, 5.41) is 0. The third-order valence-electron chi connectivity index (χ3n) is 6.94. The lowest BCUT2D eigenvalue weighted by molar-refractivity contribution is -0.0976. The Morgan fingerprint density at radius 3 is 2.38 bits per heavy atom. The molecule has 0 N–H and O–H groups in total. The molecule has 1 unspecified atom stereocenters. The molecule has 1 aliphatic carbocycles. The van der Waals surface area contributed by atoms with E-state index < -0.39 is 0 Å². The summed E-state index contributed by atoms with van der Waals surface area (Å²) in [6.07, 6.45) is 5.64. The number of morpholine rings is 1. The fraction of sp³-hybridized carbons (Fsp3) is 0.714. The van der Waals surface area contributed by atoms with Gasteiger partial charge in [0.1, 0.15) is 0 Å². The minimum absolute atomic E-state index is 0.622. The molecular formula is C21H32N2O. The first kappa shape index (κ1) is 16.6. The lowest BCUT2D eigenvalue weighted by atomic mass is 9.58. The molecule has 2 heterocycles. The first-order valence-electron chi connectivity index (χ1n) is 9.77. The van der Waals surface area contributed by atoms with E-state index in [1.54, 1.807) is 0 Å². The van der Waals surface area contributed by atoms with Gasteiger partial charge in [0.05, 0.1) is 13.2 Å². The molecule has 2 aliphatic heterocycles. The number of nitrogens with zero attached hydrogens (tertiary/aromatic N) is 2. The molecule has 1 aromatic rings. The van der Waals surface area contributed by atoms with Gasteiger partial charge in [0.2, 0.25) is 0 Å². The molecular weight excluding hydrogens is 296 g/mol. The van der Waals surface area contributed by atoms with Crippen LogP contribution in [0.5, 0.6) is 0 Å². The second kappa shape index (κ2) is 6.78. The standard InChI is InChI=1S/C21H32N2O/c1-17-3-4-19(15-18(17)2)16-22-9-7-21(8-10-22)6-5-20(21)23-11-13-24-14-12-23/h3-4,15,20H,5-14,16H2,1-2H3. The van der Waals surface area contributed by atoms with Crippen LogP contribution in [-0.2, 0) is 11.3 Å². The highest BCUT2D eigenvalue weighted by atomic mass is 16.5. The maximum absolute atomic E-state index is 5.55. The number of rotatable bonds is 3. The van der Waals surface area contributed by atoms with Crippen LogP contribution in [0.2, 0.25) is 0 Å². The van der Waals surface area contributed by atoms with Crippen molar-refractivity contribution in [1.82, 2.24) is 9.80 Å². The SMILES string of the molecule is Cc1ccc(CN2CCC3(CCC3N3CCOCC3)CC2)cc1C. The average Bonchev–Trinajstić information content (AvgIpc) is 2.59. The van der Waals surface area contributed by atoms with Gasteiger partial charge < -0.3 is 4.74 Å². The summed E-state index contributed by atoms with van der Waals surface area (Å²) in [5.74, 6) is 0. The minimum atomic E-state index is 0.622. The zero-order chi connectivity index (χ0) is 16.6. The molecule has 3 heteroatoms. The van der Waals surface area contributed by atoms with Crippen molar-refractivity contribution in [1.29, 1.82) is 0 Å². The van der Waals surface area contributed by atoms with Crippen LogP contribution in [0, 0.1) is 19.3 Å². The Morgan fingerprint density at radius 1 is 1.00 bits per heavy atom. The molecule has 3 nitrogen and oxygen atoms in total. The highest BCUT2D eigenvalue weighted by Crippen LogP contribution is 2.51. The number of likely N-dealkylation sites (tertiary alicyclic amines) is 1. The van der Waals surface area contributed by atoms with E-state index in [1.807, 2.05) is 0 Å². The Kier molecular flexibility index (Phi) is 4.68. The molecule has 132 valence electrons. The number of benzene rings is 1. The summed E-state index contributed by atoms with van der Waals surface area (Å²) in [4.78, 5) is 5.40. The Labute approximate surface area is 147 Å². The van der Waals surface area contributed by atoms with E-state index in [0.717, 1.165) is 38.9 Å². The predicted octanol–water partition coefficient (Wildman–Crippen LogP) is 3.38. The fourth-order valence-electron chi connectivity index (χ4n) is 5.04. The van der Waals surface area contributed by atoms with Gasteiger partial charge in [-0.1, -0.05) is 18.2 Å². The molecule has 1 atom stereocenters. The molecule has 1 aromatic carbocycles. The van der Waals surface area contributed by atoms with Crippen molar-refractivity contribution in [3.05, 3.63) is 34.9 Å². The van der Waals surface area contributed by atoms with Gasteiger partial charge in [-0.15, -0.1) is 0 Å². The number of hydrogen-bond donors (Lipinski definition) is 0. The topological polar surface area (TPSA) is 15.7 Å². The quantitative estimate of drug-likeness (QED) is 0.846. The third kappa shape index (κ3) is 3.14. The molecule has 3 aliphatic rings. The highest BCUT2D eigenvalue weighted by Gasteiger charge is 2.50. The van der Waals surface area contributed by atoms with Crippen LogP contribution in [0.4, 0.5) is 0 Å². The number of hydrogen-bond acceptors (Lipinski definition) is 3. The normalized spacial score (nSPS) is 28.0. The van der Waals surface area contributed by atoms with Gasteiger partial charge in [-0.3, -0.25) is 9.80 Å². The maximum atomic E-state index is 5.55. The highest BCUT2D eigenvalue weighted by molar-refractivity contribution is 5.29. The van der Waals surface area contributed by atoms with Crippen molar-refractivity contribution in [2.24, 2.45) is 5.41 Å². The first-order chi connectivity index (χ1) is 11.7. The van der Waals surface area contributed by atoms with Gasteiger partial charge in [0, 0.05) is 25.7 Å². The zero-order valence-electron chi connectivity index (χ0n) is 15.4. The molecule has 3 fully saturated rings. The molecule has 1 spiro atoms. The average molecular weight is 329 g/mol. The molecule has 24 heavy (non-hydrogen) atoms. The van der Waals surface area contributed by atoms with Crippen molar-refractivity contribution in [3.63, 3.8) is 0 Å². The lowest BCUT2D eigenvalue weighted by Gasteiger charge is -2.58. The number of ether oxygens (including phenoxy) is 1. The fourth-order valence-corrected chi connectivity index (χ4v) is 5.04. The molecule has 4 rings (SSSR count). The smallest absolute Gasteiger partial charge is 0.0594 e. The molecule has 0 aromatic heterocycles. The van der Waals surface area contributed by atoms with E-state index in [0.29, 0.717) is 5.41 Å². The monoisotopic (exact) mass is 328 g/mol. The number of aryl methyl sites for hydroxylation is 2. The van der Waals surface area contributed by atoms with E-state index in [1.165, 1.54) is 55.5 Å². The summed E-state index contributed by atoms with van der Waals surface area (Å²) >= 11 is 0. The third-order valence-corrected chi connectivity index (χ3v) is 6.94. The molecule has 2 saturated heterocycles. The van der Waals surface area contributed by atoms with Gasteiger partial charge in [-0.05, 0) is 74.7 Å². The molecule has 0 radical (unpaired) electrons. The summed E-state index contributed by atoms with van der Waals surface area (Å²) in [6, 6.07) is 7.80. The largest absolute Gasteiger partial charge is 0.379 e. The summed E-state index contributed by atoms with van der Waals surface area (Å²) in [6.45, 7) is 12.3.